The summed E-state index contributed by atoms with van der Waals surface area (Å²) in [5.74, 6) is 1.77. The quantitative estimate of drug-likeness (QED) is 0.782. The molecule has 0 spiro atoms. The van der Waals surface area contributed by atoms with Crippen LogP contribution in [-0.4, -0.2) is 43.9 Å². The van der Waals surface area contributed by atoms with Gasteiger partial charge < -0.3 is 19.1 Å². The first-order valence-corrected chi connectivity index (χ1v) is 8.44. The number of carbonyl (C=O) groups excluding carboxylic acids is 1. The molecule has 128 valence electrons. The number of rotatable bonds is 3. The van der Waals surface area contributed by atoms with Crippen molar-refractivity contribution in [2.24, 2.45) is 0 Å². The normalized spacial score (nSPS) is 18.0. The molecule has 2 rings (SSSR count). The minimum Gasteiger partial charge on any atom is -0.496 e. The Morgan fingerprint density at radius 1 is 1.22 bits per heavy atom. The van der Waals surface area contributed by atoms with E-state index in [2.05, 4.69) is 15.9 Å². The summed E-state index contributed by atoms with van der Waals surface area (Å²) in [5.41, 5.74) is 0.576. The molecule has 5 nitrogen and oxygen atoms in total. The van der Waals surface area contributed by atoms with E-state index >= 15 is 0 Å². The molecule has 0 saturated carbocycles. The number of hydrogen-bond donors (Lipinski definition) is 0. The summed E-state index contributed by atoms with van der Waals surface area (Å²) in [6, 6.07) is 3.89. The molecule has 6 heteroatoms. The molecule has 1 amide bonds. The number of amides is 1. The van der Waals surface area contributed by atoms with E-state index in [-0.39, 0.29) is 12.0 Å². The zero-order chi connectivity index (χ0) is 17.2. The lowest BCUT2D eigenvalue weighted by atomic mass is 9.97. The number of nitrogens with zero attached hydrogens (tertiary/aromatic N) is 1. The van der Waals surface area contributed by atoms with Gasteiger partial charge in [-0.05, 0) is 55.3 Å². The third kappa shape index (κ3) is 4.31. The van der Waals surface area contributed by atoms with Crippen LogP contribution in [0.1, 0.15) is 38.7 Å². The molecule has 0 N–H and O–H groups in total. The van der Waals surface area contributed by atoms with Crippen LogP contribution in [0.4, 0.5) is 4.79 Å². The summed E-state index contributed by atoms with van der Waals surface area (Å²) in [5, 5.41) is 0. The molecule has 1 saturated heterocycles. The fourth-order valence-electron chi connectivity index (χ4n) is 2.71. The molecule has 1 aliphatic rings. The molecule has 0 bridgehead atoms. The van der Waals surface area contributed by atoms with Gasteiger partial charge in [0.1, 0.15) is 17.1 Å². The Labute approximate surface area is 146 Å². The number of likely N-dealkylation sites (tertiary alicyclic amines) is 1. The largest absolute Gasteiger partial charge is 0.496 e. The van der Waals surface area contributed by atoms with Gasteiger partial charge in [-0.2, -0.15) is 0 Å². The summed E-state index contributed by atoms with van der Waals surface area (Å²) in [7, 11) is 3.29. The molecule has 1 atom stereocenters. The molecular formula is C17H24BrNO4. The third-order valence-corrected chi connectivity index (χ3v) is 4.40. The van der Waals surface area contributed by atoms with E-state index in [1.54, 1.807) is 19.1 Å². The van der Waals surface area contributed by atoms with Crippen LogP contribution in [0, 0.1) is 0 Å². The second kappa shape index (κ2) is 6.99. The van der Waals surface area contributed by atoms with Gasteiger partial charge in [0.2, 0.25) is 0 Å². The first-order chi connectivity index (χ1) is 10.7. The van der Waals surface area contributed by atoms with Crippen LogP contribution in [0.25, 0.3) is 0 Å². The highest BCUT2D eigenvalue weighted by Gasteiger charge is 2.32. The van der Waals surface area contributed by atoms with Gasteiger partial charge in [-0.25, -0.2) is 4.79 Å². The van der Waals surface area contributed by atoms with Crippen molar-refractivity contribution in [2.75, 3.05) is 27.3 Å². The molecule has 0 aromatic heterocycles. The third-order valence-electron chi connectivity index (χ3n) is 3.78. The average molecular weight is 386 g/mol. The van der Waals surface area contributed by atoms with E-state index in [0.717, 1.165) is 28.0 Å². The lowest BCUT2D eigenvalue weighted by Gasteiger charge is -2.24. The van der Waals surface area contributed by atoms with Gasteiger partial charge in [0.25, 0.3) is 0 Å². The Morgan fingerprint density at radius 3 is 2.43 bits per heavy atom. The molecule has 0 aliphatic carbocycles. The van der Waals surface area contributed by atoms with Gasteiger partial charge in [0.15, 0.2) is 0 Å². The van der Waals surface area contributed by atoms with Crippen LogP contribution >= 0.6 is 15.9 Å². The number of methoxy groups -OCH3 is 2. The van der Waals surface area contributed by atoms with Crippen LogP contribution in [-0.2, 0) is 4.74 Å². The van der Waals surface area contributed by atoms with Gasteiger partial charge in [-0.1, -0.05) is 0 Å². The van der Waals surface area contributed by atoms with E-state index < -0.39 is 5.60 Å². The second-order valence-corrected chi connectivity index (χ2v) is 7.49. The van der Waals surface area contributed by atoms with Crippen LogP contribution in [0.2, 0.25) is 0 Å². The zero-order valence-electron chi connectivity index (χ0n) is 14.3. The van der Waals surface area contributed by atoms with Gasteiger partial charge in [0, 0.05) is 24.6 Å². The van der Waals surface area contributed by atoms with Crippen molar-refractivity contribution in [2.45, 2.75) is 38.7 Å². The van der Waals surface area contributed by atoms with Crippen molar-refractivity contribution < 1.29 is 19.0 Å². The zero-order valence-corrected chi connectivity index (χ0v) is 15.9. The summed E-state index contributed by atoms with van der Waals surface area (Å²) < 4.78 is 17.2. The predicted molar refractivity (Wildman–Crippen MR) is 92.4 cm³/mol. The summed E-state index contributed by atoms with van der Waals surface area (Å²) >= 11 is 3.47. The van der Waals surface area contributed by atoms with Crippen molar-refractivity contribution in [3.05, 3.63) is 22.2 Å². The van der Waals surface area contributed by atoms with Crippen molar-refractivity contribution >= 4 is 22.0 Å². The highest BCUT2D eigenvalue weighted by molar-refractivity contribution is 9.10. The molecule has 23 heavy (non-hydrogen) atoms. The molecule has 1 unspecified atom stereocenters. The molecule has 0 radical (unpaired) electrons. The highest BCUT2D eigenvalue weighted by Crippen LogP contribution is 2.40. The van der Waals surface area contributed by atoms with E-state index in [1.807, 2.05) is 32.9 Å². The summed E-state index contributed by atoms with van der Waals surface area (Å²) in [6.45, 7) is 6.93. The van der Waals surface area contributed by atoms with Crippen LogP contribution in [0.15, 0.2) is 16.6 Å². The van der Waals surface area contributed by atoms with Gasteiger partial charge in [-0.3, -0.25) is 0 Å². The Hall–Kier alpha value is -1.43. The SMILES string of the molecule is COc1cc(C2CCN(C(=O)OC(C)(C)C)C2)c(OC)cc1Br. The Morgan fingerprint density at radius 2 is 1.87 bits per heavy atom. The maximum Gasteiger partial charge on any atom is 0.410 e. The van der Waals surface area contributed by atoms with E-state index in [9.17, 15) is 4.79 Å². The molecule has 1 heterocycles. The number of halogens is 1. The summed E-state index contributed by atoms with van der Waals surface area (Å²) in [6.07, 6.45) is 0.614. The highest BCUT2D eigenvalue weighted by atomic mass is 79.9. The summed E-state index contributed by atoms with van der Waals surface area (Å²) in [4.78, 5) is 14.0. The number of benzene rings is 1. The van der Waals surface area contributed by atoms with Crippen molar-refractivity contribution in [1.29, 1.82) is 0 Å². The topological polar surface area (TPSA) is 48.0 Å². The second-order valence-electron chi connectivity index (χ2n) is 6.64. The van der Waals surface area contributed by atoms with Crippen molar-refractivity contribution in [3.63, 3.8) is 0 Å². The van der Waals surface area contributed by atoms with Crippen molar-refractivity contribution in [1.82, 2.24) is 4.90 Å². The van der Waals surface area contributed by atoms with Gasteiger partial charge >= 0.3 is 6.09 Å². The van der Waals surface area contributed by atoms with Crippen molar-refractivity contribution in [3.8, 4) is 11.5 Å². The molecular weight excluding hydrogens is 362 g/mol. The fourth-order valence-corrected chi connectivity index (χ4v) is 3.19. The Bertz CT molecular complexity index is 583. The predicted octanol–water partition coefficient (Wildman–Crippen LogP) is 4.19. The van der Waals surface area contributed by atoms with Crippen LogP contribution in [0.3, 0.4) is 0 Å². The molecule has 1 fully saturated rings. The Kier molecular flexibility index (Phi) is 5.45. The molecule has 1 aliphatic heterocycles. The van der Waals surface area contributed by atoms with E-state index in [1.165, 1.54) is 0 Å². The first kappa shape index (κ1) is 17.9. The monoisotopic (exact) mass is 385 g/mol. The average Bonchev–Trinajstić information content (AvgIpc) is 2.94. The van der Waals surface area contributed by atoms with Gasteiger partial charge in [0.05, 0.1) is 18.7 Å². The lowest BCUT2D eigenvalue weighted by Crippen LogP contribution is -2.35. The molecule has 1 aromatic carbocycles. The number of ether oxygens (including phenoxy) is 3. The van der Waals surface area contributed by atoms with Gasteiger partial charge in [-0.15, -0.1) is 0 Å². The van der Waals surface area contributed by atoms with Crippen LogP contribution in [0.5, 0.6) is 11.5 Å². The van der Waals surface area contributed by atoms with E-state index in [4.69, 9.17) is 14.2 Å². The lowest BCUT2D eigenvalue weighted by molar-refractivity contribution is 0.0292. The van der Waals surface area contributed by atoms with E-state index in [0.29, 0.717) is 13.1 Å². The minimum atomic E-state index is -0.478. The van der Waals surface area contributed by atoms with Crippen LogP contribution < -0.4 is 9.47 Å². The maximum atomic E-state index is 12.2. The number of carbonyl (C=O) groups is 1. The standard InChI is InChI=1S/C17H24BrNO4/c1-17(2,3)23-16(20)19-7-6-11(10-19)12-8-15(22-5)13(18)9-14(12)21-4/h8-9,11H,6-7,10H2,1-5H3. The first-order valence-electron chi connectivity index (χ1n) is 7.64. The smallest absolute Gasteiger partial charge is 0.410 e. The minimum absolute atomic E-state index is 0.208. The maximum absolute atomic E-state index is 12.2. The fraction of sp³-hybridized carbons (Fsp3) is 0.588. The number of hydrogen-bond acceptors (Lipinski definition) is 4. The molecule has 1 aromatic rings. The Balaban J connectivity index is 2.17.